The van der Waals surface area contributed by atoms with Crippen molar-refractivity contribution >= 4 is 11.4 Å². The van der Waals surface area contributed by atoms with Gasteiger partial charge in [-0.25, -0.2) is 0 Å². The second-order valence-corrected chi connectivity index (χ2v) is 3.64. The summed E-state index contributed by atoms with van der Waals surface area (Å²) in [6.07, 6.45) is 2.76. The lowest BCUT2D eigenvalue weighted by Gasteiger charge is -2.11. The van der Waals surface area contributed by atoms with Crippen molar-refractivity contribution in [3.05, 3.63) is 36.4 Å². The van der Waals surface area contributed by atoms with E-state index in [0.717, 1.165) is 36.5 Å². The molecule has 0 atom stereocenters. The van der Waals surface area contributed by atoms with Gasteiger partial charge in [0, 0.05) is 17.9 Å². The number of rotatable bonds is 7. The minimum atomic E-state index is 0.697. The molecule has 0 amide bonds. The molecule has 0 heterocycles. The van der Waals surface area contributed by atoms with Gasteiger partial charge in [-0.3, -0.25) is 0 Å². The largest absolute Gasteiger partial charge is 0.398 e. The molecular weight excluding hydrogens is 200 g/mol. The summed E-state index contributed by atoms with van der Waals surface area (Å²) in [5.74, 6) is 0. The lowest BCUT2D eigenvalue weighted by Crippen LogP contribution is -2.11. The minimum absolute atomic E-state index is 0.697. The molecule has 88 valence electrons. The van der Waals surface area contributed by atoms with Crippen LogP contribution in [0, 0.1) is 6.92 Å². The monoisotopic (exact) mass is 220 g/mol. The van der Waals surface area contributed by atoms with E-state index in [-0.39, 0.29) is 0 Å². The van der Waals surface area contributed by atoms with Gasteiger partial charge in [-0.15, -0.1) is 6.58 Å². The molecule has 3 heteroatoms. The van der Waals surface area contributed by atoms with Crippen LogP contribution in [0.5, 0.6) is 0 Å². The minimum Gasteiger partial charge on any atom is -0.398 e. The van der Waals surface area contributed by atoms with Gasteiger partial charge in [-0.2, -0.15) is 0 Å². The zero-order valence-electron chi connectivity index (χ0n) is 9.83. The predicted octanol–water partition coefficient (Wildman–Crippen LogP) is 2.58. The highest BCUT2D eigenvalue weighted by Gasteiger charge is 1.99. The SMILES string of the molecule is C=CCCOCCNc1cccc(N)c1C. The van der Waals surface area contributed by atoms with Gasteiger partial charge < -0.3 is 15.8 Å². The fourth-order valence-electron chi connectivity index (χ4n) is 1.37. The molecule has 0 aliphatic carbocycles. The summed E-state index contributed by atoms with van der Waals surface area (Å²) in [4.78, 5) is 0. The van der Waals surface area contributed by atoms with E-state index in [1.54, 1.807) is 0 Å². The second-order valence-electron chi connectivity index (χ2n) is 3.64. The molecule has 1 aromatic rings. The number of nitrogens with one attached hydrogen (secondary N) is 1. The quantitative estimate of drug-likeness (QED) is 0.422. The predicted molar refractivity (Wildman–Crippen MR) is 69.7 cm³/mol. The number of ether oxygens (including phenoxy) is 1. The van der Waals surface area contributed by atoms with Crippen molar-refractivity contribution in [2.24, 2.45) is 0 Å². The summed E-state index contributed by atoms with van der Waals surface area (Å²) in [6.45, 7) is 7.87. The average molecular weight is 220 g/mol. The van der Waals surface area contributed by atoms with Gasteiger partial charge in [-0.1, -0.05) is 12.1 Å². The Hall–Kier alpha value is -1.48. The van der Waals surface area contributed by atoms with Gasteiger partial charge in [-0.05, 0) is 31.0 Å². The van der Waals surface area contributed by atoms with Crippen LogP contribution in [0.15, 0.2) is 30.9 Å². The molecule has 16 heavy (non-hydrogen) atoms. The fraction of sp³-hybridized carbons (Fsp3) is 0.385. The summed E-state index contributed by atoms with van der Waals surface area (Å²) in [5, 5.41) is 3.30. The summed E-state index contributed by atoms with van der Waals surface area (Å²) in [6, 6.07) is 5.87. The third-order valence-electron chi connectivity index (χ3n) is 2.40. The first-order valence-corrected chi connectivity index (χ1v) is 5.53. The van der Waals surface area contributed by atoms with Crippen molar-refractivity contribution in [3.63, 3.8) is 0 Å². The van der Waals surface area contributed by atoms with Crippen molar-refractivity contribution in [1.29, 1.82) is 0 Å². The number of nitrogens with two attached hydrogens (primary N) is 1. The third kappa shape index (κ3) is 3.95. The van der Waals surface area contributed by atoms with Crippen molar-refractivity contribution in [2.75, 3.05) is 30.8 Å². The van der Waals surface area contributed by atoms with Crippen LogP contribution in [0.3, 0.4) is 0 Å². The molecule has 0 saturated heterocycles. The molecule has 0 radical (unpaired) electrons. The standard InChI is InChI=1S/C13H20N2O/c1-3-4-9-16-10-8-15-13-7-5-6-12(14)11(13)2/h3,5-7,15H,1,4,8-10,14H2,2H3. The topological polar surface area (TPSA) is 47.3 Å². The van der Waals surface area contributed by atoms with Gasteiger partial charge in [0.05, 0.1) is 13.2 Å². The normalized spacial score (nSPS) is 10.1. The van der Waals surface area contributed by atoms with Crippen LogP contribution in [-0.2, 0) is 4.74 Å². The lowest BCUT2D eigenvalue weighted by molar-refractivity contribution is 0.149. The first kappa shape index (κ1) is 12.6. The summed E-state index contributed by atoms with van der Waals surface area (Å²) in [5.41, 5.74) is 8.79. The first-order chi connectivity index (χ1) is 7.75. The van der Waals surface area contributed by atoms with Crippen molar-refractivity contribution < 1.29 is 4.74 Å². The summed E-state index contributed by atoms with van der Waals surface area (Å²) in [7, 11) is 0. The van der Waals surface area contributed by atoms with Crippen LogP contribution in [0.4, 0.5) is 11.4 Å². The van der Waals surface area contributed by atoms with E-state index in [1.165, 1.54) is 0 Å². The number of hydrogen-bond donors (Lipinski definition) is 2. The van der Waals surface area contributed by atoms with Crippen LogP contribution >= 0.6 is 0 Å². The third-order valence-corrected chi connectivity index (χ3v) is 2.40. The maximum absolute atomic E-state index is 5.81. The van der Waals surface area contributed by atoms with Crippen LogP contribution in [-0.4, -0.2) is 19.8 Å². The van der Waals surface area contributed by atoms with E-state index in [4.69, 9.17) is 10.5 Å². The Labute approximate surface area is 97.3 Å². The molecule has 0 aliphatic rings. The number of hydrogen-bond acceptors (Lipinski definition) is 3. The maximum Gasteiger partial charge on any atom is 0.0639 e. The Morgan fingerprint density at radius 1 is 1.44 bits per heavy atom. The lowest BCUT2D eigenvalue weighted by atomic mass is 10.1. The van der Waals surface area contributed by atoms with E-state index in [2.05, 4.69) is 11.9 Å². The van der Waals surface area contributed by atoms with Crippen molar-refractivity contribution in [2.45, 2.75) is 13.3 Å². The molecule has 0 bridgehead atoms. The Morgan fingerprint density at radius 2 is 2.25 bits per heavy atom. The fourth-order valence-corrected chi connectivity index (χ4v) is 1.37. The van der Waals surface area contributed by atoms with E-state index >= 15 is 0 Å². The Kier molecular flexibility index (Phi) is 5.43. The summed E-state index contributed by atoms with van der Waals surface area (Å²) < 4.78 is 5.40. The van der Waals surface area contributed by atoms with Gasteiger partial charge in [0.2, 0.25) is 0 Å². The van der Waals surface area contributed by atoms with E-state index in [0.29, 0.717) is 6.61 Å². The molecule has 1 aromatic carbocycles. The van der Waals surface area contributed by atoms with Crippen molar-refractivity contribution in [1.82, 2.24) is 0 Å². The Morgan fingerprint density at radius 3 is 3.00 bits per heavy atom. The summed E-state index contributed by atoms with van der Waals surface area (Å²) >= 11 is 0. The molecule has 0 unspecified atom stereocenters. The van der Waals surface area contributed by atoms with Gasteiger partial charge in [0.1, 0.15) is 0 Å². The highest BCUT2D eigenvalue weighted by atomic mass is 16.5. The molecule has 0 aliphatic heterocycles. The van der Waals surface area contributed by atoms with E-state index < -0.39 is 0 Å². The average Bonchev–Trinajstić information content (AvgIpc) is 2.29. The first-order valence-electron chi connectivity index (χ1n) is 5.53. The van der Waals surface area contributed by atoms with Crippen LogP contribution in [0.2, 0.25) is 0 Å². The molecule has 3 nitrogen and oxygen atoms in total. The Balaban J connectivity index is 2.26. The van der Waals surface area contributed by atoms with Gasteiger partial charge >= 0.3 is 0 Å². The number of anilines is 2. The van der Waals surface area contributed by atoms with Crippen LogP contribution in [0.1, 0.15) is 12.0 Å². The highest BCUT2D eigenvalue weighted by Crippen LogP contribution is 2.19. The molecule has 1 rings (SSSR count). The smallest absolute Gasteiger partial charge is 0.0639 e. The molecule has 0 spiro atoms. The molecule has 3 N–H and O–H groups in total. The number of benzene rings is 1. The van der Waals surface area contributed by atoms with Crippen LogP contribution in [0.25, 0.3) is 0 Å². The molecule has 0 saturated carbocycles. The number of nitrogen functional groups attached to an aromatic ring is 1. The molecule has 0 aromatic heterocycles. The molecular formula is C13H20N2O. The maximum atomic E-state index is 5.81. The van der Waals surface area contributed by atoms with Gasteiger partial charge in [0.25, 0.3) is 0 Å². The van der Waals surface area contributed by atoms with Crippen LogP contribution < -0.4 is 11.1 Å². The second kappa shape index (κ2) is 6.90. The zero-order chi connectivity index (χ0) is 11.8. The zero-order valence-corrected chi connectivity index (χ0v) is 9.83. The van der Waals surface area contributed by atoms with E-state index in [1.807, 2.05) is 31.2 Å². The van der Waals surface area contributed by atoms with Crippen molar-refractivity contribution in [3.8, 4) is 0 Å². The van der Waals surface area contributed by atoms with Gasteiger partial charge in [0.15, 0.2) is 0 Å². The Bertz CT molecular complexity index is 337. The molecule has 0 fully saturated rings. The highest BCUT2D eigenvalue weighted by molar-refractivity contribution is 5.62. The van der Waals surface area contributed by atoms with E-state index in [9.17, 15) is 0 Å².